The van der Waals surface area contributed by atoms with E-state index in [1.165, 1.54) is 11.3 Å². The molecule has 0 aliphatic rings. The molecule has 34 heavy (non-hydrogen) atoms. The molecule has 182 valence electrons. The van der Waals surface area contributed by atoms with Crippen molar-refractivity contribution in [2.75, 3.05) is 26.4 Å². The molecule has 3 aromatic rings. The number of benzene rings is 2. The molecule has 0 aliphatic heterocycles. The summed E-state index contributed by atoms with van der Waals surface area (Å²) in [5.41, 5.74) is 1.69. The lowest BCUT2D eigenvalue weighted by molar-refractivity contribution is 0.0526. The van der Waals surface area contributed by atoms with E-state index in [9.17, 15) is 9.59 Å². The van der Waals surface area contributed by atoms with Gasteiger partial charge >= 0.3 is 5.97 Å². The summed E-state index contributed by atoms with van der Waals surface area (Å²) in [5.74, 6) is 0.543. The summed E-state index contributed by atoms with van der Waals surface area (Å²) in [6, 6.07) is 8.60. The summed E-state index contributed by atoms with van der Waals surface area (Å²) in [4.78, 5) is 30.3. The summed E-state index contributed by atoms with van der Waals surface area (Å²) in [6.07, 6.45) is 0. The maximum atomic E-state index is 13.2. The van der Waals surface area contributed by atoms with Crippen molar-refractivity contribution in [3.8, 4) is 17.2 Å². The lowest BCUT2D eigenvalue weighted by Gasteiger charge is -2.16. The monoisotopic (exact) mass is 486 g/mol. The van der Waals surface area contributed by atoms with Crippen LogP contribution in [0.3, 0.4) is 0 Å². The SMILES string of the molecule is CCOC(=O)c1ccc2c(c1)sc(=NC(=O)c1cc(OCC)c(OCC)c(OCC)c1)n2CC. The Morgan fingerprint density at radius 3 is 2.06 bits per heavy atom. The molecule has 0 radical (unpaired) electrons. The van der Waals surface area contributed by atoms with Crippen LogP contribution in [-0.2, 0) is 11.3 Å². The molecule has 0 saturated carbocycles. The molecule has 9 heteroatoms. The molecular formula is C25H30N2O6S. The Morgan fingerprint density at radius 1 is 0.853 bits per heavy atom. The second-order valence-electron chi connectivity index (χ2n) is 7.05. The van der Waals surface area contributed by atoms with E-state index in [1.807, 2.05) is 38.3 Å². The third-order valence-electron chi connectivity index (χ3n) is 4.86. The smallest absolute Gasteiger partial charge is 0.338 e. The van der Waals surface area contributed by atoms with Crippen LogP contribution < -0.4 is 19.0 Å². The van der Waals surface area contributed by atoms with Gasteiger partial charge in [0, 0.05) is 12.1 Å². The molecule has 8 nitrogen and oxygen atoms in total. The molecule has 0 bridgehead atoms. The number of hydrogen-bond donors (Lipinski definition) is 0. The Bertz CT molecular complexity index is 1220. The van der Waals surface area contributed by atoms with Gasteiger partial charge in [-0.25, -0.2) is 4.79 Å². The van der Waals surface area contributed by atoms with Gasteiger partial charge in [-0.1, -0.05) is 11.3 Å². The summed E-state index contributed by atoms with van der Waals surface area (Å²) in [6.45, 7) is 11.5. The molecule has 3 rings (SSSR count). The van der Waals surface area contributed by atoms with Crippen molar-refractivity contribution in [1.29, 1.82) is 0 Å². The molecule has 1 aromatic heterocycles. The molecular weight excluding hydrogens is 456 g/mol. The Balaban J connectivity index is 2.09. The van der Waals surface area contributed by atoms with Crippen molar-refractivity contribution in [1.82, 2.24) is 4.57 Å². The summed E-state index contributed by atoms with van der Waals surface area (Å²) in [7, 11) is 0. The zero-order valence-electron chi connectivity index (χ0n) is 20.2. The van der Waals surface area contributed by atoms with Crippen LogP contribution in [0.5, 0.6) is 17.2 Å². The topological polar surface area (TPSA) is 88.3 Å². The van der Waals surface area contributed by atoms with Crippen molar-refractivity contribution in [2.45, 2.75) is 41.2 Å². The highest BCUT2D eigenvalue weighted by atomic mass is 32.1. The van der Waals surface area contributed by atoms with Crippen LogP contribution >= 0.6 is 11.3 Å². The largest absolute Gasteiger partial charge is 0.490 e. The number of ether oxygens (including phenoxy) is 4. The predicted molar refractivity (Wildman–Crippen MR) is 131 cm³/mol. The van der Waals surface area contributed by atoms with Gasteiger partial charge in [0.15, 0.2) is 16.3 Å². The number of aromatic nitrogens is 1. The molecule has 0 saturated heterocycles. The molecule has 0 atom stereocenters. The zero-order valence-corrected chi connectivity index (χ0v) is 21.0. The molecule has 1 amide bonds. The number of hydrogen-bond acceptors (Lipinski definition) is 7. The highest BCUT2D eigenvalue weighted by Gasteiger charge is 2.19. The highest BCUT2D eigenvalue weighted by Crippen LogP contribution is 2.39. The van der Waals surface area contributed by atoms with Gasteiger partial charge < -0.3 is 23.5 Å². The van der Waals surface area contributed by atoms with Crippen LogP contribution in [0, 0.1) is 0 Å². The Hall–Kier alpha value is -3.33. The fourth-order valence-electron chi connectivity index (χ4n) is 3.47. The minimum Gasteiger partial charge on any atom is -0.490 e. The van der Waals surface area contributed by atoms with Crippen molar-refractivity contribution in [2.24, 2.45) is 4.99 Å². The lowest BCUT2D eigenvalue weighted by Crippen LogP contribution is -2.16. The van der Waals surface area contributed by atoms with E-state index in [-0.39, 0.29) is 5.97 Å². The van der Waals surface area contributed by atoms with E-state index in [4.69, 9.17) is 18.9 Å². The summed E-state index contributed by atoms with van der Waals surface area (Å²) < 4.78 is 25.0. The number of thiazole rings is 1. The van der Waals surface area contributed by atoms with Crippen LogP contribution in [0.4, 0.5) is 0 Å². The predicted octanol–water partition coefficient (Wildman–Crippen LogP) is 4.84. The molecule has 0 spiro atoms. The molecule has 0 unspecified atom stereocenters. The molecule has 2 aromatic carbocycles. The number of amides is 1. The van der Waals surface area contributed by atoms with Crippen molar-refractivity contribution in [3.05, 3.63) is 46.3 Å². The minimum absolute atomic E-state index is 0.306. The second-order valence-corrected chi connectivity index (χ2v) is 8.06. The normalized spacial score (nSPS) is 11.5. The average molecular weight is 487 g/mol. The number of fused-ring (bicyclic) bond motifs is 1. The quantitative estimate of drug-likeness (QED) is 0.381. The highest BCUT2D eigenvalue weighted by molar-refractivity contribution is 7.16. The summed E-state index contributed by atoms with van der Waals surface area (Å²) >= 11 is 1.34. The van der Waals surface area contributed by atoms with Gasteiger partial charge in [-0.3, -0.25) is 4.79 Å². The third kappa shape index (κ3) is 5.41. The lowest BCUT2D eigenvalue weighted by atomic mass is 10.1. The van der Waals surface area contributed by atoms with Gasteiger partial charge in [-0.2, -0.15) is 4.99 Å². The first-order valence-corrected chi connectivity index (χ1v) is 12.2. The maximum Gasteiger partial charge on any atom is 0.338 e. The standard InChI is InChI=1S/C25H30N2O6S/c1-6-27-18-12-11-16(24(29)33-10-5)15-21(18)34-25(27)26-23(28)17-13-19(30-7-2)22(32-9-4)20(14-17)31-8-3/h11-15H,6-10H2,1-5H3. The van der Waals surface area contributed by atoms with Gasteiger partial charge in [-0.05, 0) is 65.0 Å². The van der Waals surface area contributed by atoms with Crippen molar-refractivity contribution < 1.29 is 28.5 Å². The third-order valence-corrected chi connectivity index (χ3v) is 5.90. The number of carbonyl (C=O) groups is 2. The number of esters is 1. The average Bonchev–Trinajstić information content (AvgIpc) is 3.17. The Labute approximate surface area is 202 Å². The first-order chi connectivity index (χ1) is 16.5. The van der Waals surface area contributed by atoms with E-state index in [0.29, 0.717) is 66.1 Å². The van der Waals surface area contributed by atoms with E-state index in [0.717, 1.165) is 10.2 Å². The number of nitrogens with zero attached hydrogens (tertiary/aromatic N) is 2. The van der Waals surface area contributed by atoms with Crippen molar-refractivity contribution >= 4 is 33.4 Å². The van der Waals surface area contributed by atoms with E-state index in [2.05, 4.69) is 4.99 Å². The number of carbonyl (C=O) groups excluding carboxylic acids is 2. The molecule has 0 aliphatic carbocycles. The van der Waals surface area contributed by atoms with Crippen LogP contribution in [0.2, 0.25) is 0 Å². The van der Waals surface area contributed by atoms with Gasteiger partial charge in [0.05, 0.1) is 42.2 Å². The molecule has 0 N–H and O–H groups in total. The maximum absolute atomic E-state index is 13.2. The fourth-order valence-corrected chi connectivity index (χ4v) is 4.60. The number of aryl methyl sites for hydroxylation is 1. The van der Waals surface area contributed by atoms with Gasteiger partial charge in [0.2, 0.25) is 5.75 Å². The van der Waals surface area contributed by atoms with Crippen LogP contribution in [-0.4, -0.2) is 42.9 Å². The minimum atomic E-state index is -0.427. The van der Waals surface area contributed by atoms with E-state index >= 15 is 0 Å². The van der Waals surface area contributed by atoms with E-state index in [1.54, 1.807) is 31.2 Å². The van der Waals surface area contributed by atoms with Crippen LogP contribution in [0.15, 0.2) is 35.3 Å². The van der Waals surface area contributed by atoms with Gasteiger partial charge in [0.1, 0.15) is 0 Å². The first kappa shape index (κ1) is 25.3. The van der Waals surface area contributed by atoms with E-state index < -0.39 is 5.91 Å². The molecule has 0 fully saturated rings. The molecule has 1 heterocycles. The fraction of sp³-hybridized carbons (Fsp3) is 0.400. The Kier molecular flexibility index (Phi) is 8.70. The number of rotatable bonds is 10. The van der Waals surface area contributed by atoms with Gasteiger partial charge in [0.25, 0.3) is 5.91 Å². The summed E-state index contributed by atoms with van der Waals surface area (Å²) in [5, 5.41) is 0. The second kappa shape index (κ2) is 11.7. The van der Waals surface area contributed by atoms with Crippen LogP contribution in [0.1, 0.15) is 55.3 Å². The van der Waals surface area contributed by atoms with Gasteiger partial charge in [-0.15, -0.1) is 0 Å². The Morgan fingerprint density at radius 2 is 1.50 bits per heavy atom. The van der Waals surface area contributed by atoms with Crippen molar-refractivity contribution in [3.63, 3.8) is 0 Å². The van der Waals surface area contributed by atoms with Crippen LogP contribution in [0.25, 0.3) is 10.2 Å². The first-order valence-electron chi connectivity index (χ1n) is 11.4. The zero-order chi connectivity index (χ0) is 24.7.